The van der Waals surface area contributed by atoms with Gasteiger partial charge in [-0.3, -0.25) is 10.1 Å². The number of nitrogens with one attached hydrogen (secondary N) is 1. The molecular formula is C22H19N3O3S2. The minimum absolute atomic E-state index is 0.208. The molecule has 0 saturated carbocycles. The van der Waals surface area contributed by atoms with E-state index < -0.39 is 0 Å². The first-order chi connectivity index (χ1) is 14.6. The van der Waals surface area contributed by atoms with Gasteiger partial charge in [-0.05, 0) is 25.1 Å². The fourth-order valence-corrected chi connectivity index (χ4v) is 4.61. The van der Waals surface area contributed by atoms with Crippen molar-refractivity contribution in [3.63, 3.8) is 0 Å². The van der Waals surface area contributed by atoms with Crippen LogP contribution in [0, 0.1) is 6.92 Å². The van der Waals surface area contributed by atoms with Crippen molar-refractivity contribution in [2.75, 3.05) is 19.5 Å². The van der Waals surface area contributed by atoms with Gasteiger partial charge in [-0.1, -0.05) is 30.3 Å². The second-order valence-corrected chi connectivity index (χ2v) is 8.22. The number of thiazole rings is 2. The molecule has 2 heterocycles. The Kier molecular flexibility index (Phi) is 5.78. The van der Waals surface area contributed by atoms with Crippen molar-refractivity contribution in [1.29, 1.82) is 0 Å². The monoisotopic (exact) mass is 437 g/mol. The summed E-state index contributed by atoms with van der Waals surface area (Å²) in [5.74, 6) is 1.07. The van der Waals surface area contributed by atoms with Crippen molar-refractivity contribution in [3.05, 3.63) is 64.5 Å². The zero-order valence-corrected chi connectivity index (χ0v) is 18.3. The van der Waals surface area contributed by atoms with Crippen LogP contribution in [0.2, 0.25) is 0 Å². The van der Waals surface area contributed by atoms with Gasteiger partial charge in [0, 0.05) is 16.5 Å². The van der Waals surface area contributed by atoms with Gasteiger partial charge in [-0.25, -0.2) is 9.97 Å². The third-order valence-electron chi connectivity index (χ3n) is 4.43. The molecule has 1 N–H and O–H groups in total. The minimum Gasteiger partial charge on any atom is -0.493 e. The summed E-state index contributed by atoms with van der Waals surface area (Å²) in [5, 5.41) is 6.13. The number of benzene rings is 2. The molecule has 0 radical (unpaired) electrons. The van der Waals surface area contributed by atoms with Crippen LogP contribution in [0.5, 0.6) is 11.5 Å². The number of rotatable bonds is 6. The van der Waals surface area contributed by atoms with Gasteiger partial charge in [-0.15, -0.1) is 22.7 Å². The average Bonchev–Trinajstić information content (AvgIpc) is 3.40. The summed E-state index contributed by atoms with van der Waals surface area (Å²) < 4.78 is 10.6. The lowest BCUT2D eigenvalue weighted by Crippen LogP contribution is -2.11. The third kappa shape index (κ3) is 4.05. The number of aromatic nitrogens is 2. The molecule has 30 heavy (non-hydrogen) atoms. The molecule has 4 rings (SSSR count). The first-order valence-electron chi connectivity index (χ1n) is 9.11. The highest BCUT2D eigenvalue weighted by molar-refractivity contribution is 7.17. The molecular weight excluding hydrogens is 418 g/mol. The molecule has 152 valence electrons. The average molecular weight is 438 g/mol. The van der Waals surface area contributed by atoms with E-state index in [4.69, 9.17) is 9.47 Å². The molecule has 0 fully saturated rings. The van der Waals surface area contributed by atoms with Gasteiger partial charge < -0.3 is 9.47 Å². The Morgan fingerprint density at radius 3 is 2.47 bits per heavy atom. The molecule has 4 aromatic rings. The fourth-order valence-electron chi connectivity index (χ4n) is 2.92. The molecule has 0 aliphatic heterocycles. The van der Waals surface area contributed by atoms with E-state index >= 15 is 0 Å². The van der Waals surface area contributed by atoms with Gasteiger partial charge in [0.2, 0.25) is 0 Å². The Bertz CT molecular complexity index is 1190. The van der Waals surface area contributed by atoms with E-state index in [0.717, 1.165) is 21.8 Å². The SMILES string of the molecule is COc1ccc(-c2csc(NC(=O)c3sc(-c4ccccc4)nc3C)n2)cc1OC. The van der Waals surface area contributed by atoms with Crippen LogP contribution in [-0.4, -0.2) is 30.1 Å². The molecule has 0 saturated heterocycles. The van der Waals surface area contributed by atoms with Crippen LogP contribution in [0.1, 0.15) is 15.4 Å². The Hall–Kier alpha value is -3.23. The van der Waals surface area contributed by atoms with Crippen LogP contribution in [0.15, 0.2) is 53.9 Å². The molecule has 2 aromatic carbocycles. The lowest BCUT2D eigenvalue weighted by molar-refractivity contribution is 0.103. The predicted octanol–water partition coefficient (Wildman–Crippen LogP) is 5.51. The highest BCUT2D eigenvalue weighted by Crippen LogP contribution is 2.34. The van der Waals surface area contributed by atoms with Crippen molar-refractivity contribution in [2.45, 2.75) is 6.92 Å². The number of aryl methyl sites for hydroxylation is 1. The normalized spacial score (nSPS) is 10.6. The van der Waals surface area contributed by atoms with E-state index in [0.29, 0.717) is 27.2 Å². The zero-order chi connectivity index (χ0) is 21.1. The topological polar surface area (TPSA) is 73.3 Å². The smallest absolute Gasteiger partial charge is 0.269 e. The van der Waals surface area contributed by atoms with Gasteiger partial charge in [0.25, 0.3) is 5.91 Å². The second-order valence-electron chi connectivity index (χ2n) is 6.36. The van der Waals surface area contributed by atoms with Gasteiger partial charge >= 0.3 is 0 Å². The minimum atomic E-state index is -0.208. The molecule has 8 heteroatoms. The molecule has 6 nitrogen and oxygen atoms in total. The maximum absolute atomic E-state index is 12.8. The Labute approximate surface area is 182 Å². The van der Waals surface area contributed by atoms with E-state index in [1.807, 2.05) is 60.8 Å². The quantitative estimate of drug-likeness (QED) is 0.430. The highest BCUT2D eigenvalue weighted by Gasteiger charge is 2.18. The van der Waals surface area contributed by atoms with Crippen LogP contribution >= 0.6 is 22.7 Å². The van der Waals surface area contributed by atoms with Gasteiger partial charge in [-0.2, -0.15) is 0 Å². The number of carbonyl (C=O) groups is 1. The lowest BCUT2D eigenvalue weighted by Gasteiger charge is -2.08. The molecule has 0 spiro atoms. The van der Waals surface area contributed by atoms with Crippen molar-refractivity contribution >= 4 is 33.7 Å². The van der Waals surface area contributed by atoms with Crippen molar-refractivity contribution in [3.8, 4) is 33.3 Å². The molecule has 2 aromatic heterocycles. The van der Waals surface area contributed by atoms with E-state index in [9.17, 15) is 4.79 Å². The lowest BCUT2D eigenvalue weighted by atomic mass is 10.1. The second kappa shape index (κ2) is 8.64. The number of amides is 1. The maximum Gasteiger partial charge on any atom is 0.269 e. The summed E-state index contributed by atoms with van der Waals surface area (Å²) >= 11 is 2.74. The number of anilines is 1. The van der Waals surface area contributed by atoms with Crippen molar-refractivity contribution in [1.82, 2.24) is 9.97 Å². The zero-order valence-electron chi connectivity index (χ0n) is 16.6. The van der Waals surface area contributed by atoms with Crippen LogP contribution < -0.4 is 14.8 Å². The largest absolute Gasteiger partial charge is 0.493 e. The Morgan fingerprint density at radius 1 is 0.967 bits per heavy atom. The van der Waals surface area contributed by atoms with Crippen LogP contribution in [0.4, 0.5) is 5.13 Å². The Balaban J connectivity index is 1.53. The number of nitrogens with zero attached hydrogens (tertiary/aromatic N) is 2. The van der Waals surface area contributed by atoms with Gasteiger partial charge in [0.15, 0.2) is 16.6 Å². The number of carbonyl (C=O) groups excluding carboxylic acids is 1. The van der Waals surface area contributed by atoms with E-state index in [1.54, 1.807) is 14.2 Å². The number of hydrogen-bond donors (Lipinski definition) is 1. The predicted molar refractivity (Wildman–Crippen MR) is 121 cm³/mol. The molecule has 0 atom stereocenters. The van der Waals surface area contributed by atoms with E-state index in [2.05, 4.69) is 15.3 Å². The first-order valence-corrected chi connectivity index (χ1v) is 10.8. The summed E-state index contributed by atoms with van der Waals surface area (Å²) in [7, 11) is 3.19. The number of hydrogen-bond acceptors (Lipinski definition) is 7. The maximum atomic E-state index is 12.8. The first kappa shape index (κ1) is 20.1. The van der Waals surface area contributed by atoms with Crippen LogP contribution in [0.25, 0.3) is 21.8 Å². The molecule has 1 amide bonds. The van der Waals surface area contributed by atoms with Crippen LogP contribution in [0.3, 0.4) is 0 Å². The molecule has 0 unspecified atom stereocenters. The van der Waals surface area contributed by atoms with Gasteiger partial charge in [0.05, 0.1) is 25.6 Å². The van der Waals surface area contributed by atoms with Crippen molar-refractivity contribution in [2.24, 2.45) is 0 Å². The summed E-state index contributed by atoms with van der Waals surface area (Å²) in [6, 6.07) is 15.4. The van der Waals surface area contributed by atoms with Crippen molar-refractivity contribution < 1.29 is 14.3 Å². The molecule has 0 aliphatic rings. The summed E-state index contributed by atoms with van der Waals surface area (Å²) in [4.78, 5) is 22.5. The summed E-state index contributed by atoms with van der Waals surface area (Å²) in [6.45, 7) is 1.84. The highest BCUT2D eigenvalue weighted by atomic mass is 32.1. The third-order valence-corrected chi connectivity index (χ3v) is 6.39. The molecule has 0 aliphatic carbocycles. The number of ether oxygens (including phenoxy) is 2. The summed E-state index contributed by atoms with van der Waals surface area (Å²) in [6.07, 6.45) is 0. The standard InChI is InChI=1S/C22H19N3O3S2/c1-13-19(30-21(23-13)14-7-5-4-6-8-14)20(26)25-22-24-16(12-29-22)15-9-10-17(27-2)18(11-15)28-3/h4-12H,1-3H3,(H,24,25,26). The fraction of sp³-hybridized carbons (Fsp3) is 0.136. The van der Waals surface area contributed by atoms with E-state index in [-0.39, 0.29) is 5.91 Å². The van der Waals surface area contributed by atoms with Crippen LogP contribution in [-0.2, 0) is 0 Å². The van der Waals surface area contributed by atoms with Gasteiger partial charge in [0.1, 0.15) is 9.88 Å². The molecule has 0 bridgehead atoms. The Morgan fingerprint density at radius 2 is 1.73 bits per heavy atom. The summed E-state index contributed by atoms with van der Waals surface area (Å²) in [5.41, 5.74) is 3.33. The van der Waals surface area contributed by atoms with E-state index in [1.165, 1.54) is 22.7 Å². The number of methoxy groups -OCH3 is 2.